The van der Waals surface area contributed by atoms with E-state index in [4.69, 9.17) is 0 Å². The average Bonchev–Trinajstić information content (AvgIpc) is 2.58. The molecule has 17 heavy (non-hydrogen) atoms. The molecule has 0 aliphatic carbocycles. The fraction of sp³-hybridized carbons (Fsp3) is 0.500. The van der Waals surface area contributed by atoms with Crippen molar-refractivity contribution in [3.05, 3.63) is 24.0 Å². The predicted molar refractivity (Wildman–Crippen MR) is 51.0 cm³/mol. The first-order chi connectivity index (χ1) is 7.78. The van der Waals surface area contributed by atoms with Gasteiger partial charge in [-0.15, -0.1) is 0 Å². The number of hydrogen-bond donors (Lipinski definition) is 0. The minimum atomic E-state index is -4.51. The van der Waals surface area contributed by atoms with Crippen LogP contribution in [0, 0.1) is 0 Å². The van der Waals surface area contributed by atoms with E-state index in [1.807, 2.05) is 0 Å². The van der Waals surface area contributed by atoms with Crippen molar-refractivity contribution in [2.45, 2.75) is 18.5 Å². The molecule has 1 aliphatic rings. The summed E-state index contributed by atoms with van der Waals surface area (Å²) >= 11 is 0. The molecule has 1 fully saturated rings. The van der Waals surface area contributed by atoms with Gasteiger partial charge in [0.2, 0.25) is 0 Å². The summed E-state index contributed by atoms with van der Waals surface area (Å²) < 4.78 is 62.5. The Kier molecular flexibility index (Phi) is 2.71. The van der Waals surface area contributed by atoms with E-state index in [1.165, 1.54) is 4.90 Å². The first kappa shape index (κ1) is 12.1. The standard InChI is InChI=1S/C10H9F5N2/c11-9(12)3-4-17(6-9)7-1-2-8(16-5-7)10(13,14)15/h1-2,5H,3-4,6H2. The lowest BCUT2D eigenvalue weighted by molar-refractivity contribution is -0.141. The monoisotopic (exact) mass is 252 g/mol. The number of nitrogens with zero attached hydrogens (tertiary/aromatic N) is 2. The van der Waals surface area contributed by atoms with E-state index in [9.17, 15) is 22.0 Å². The third-order valence-corrected chi connectivity index (χ3v) is 2.57. The summed E-state index contributed by atoms with van der Waals surface area (Å²) in [4.78, 5) is 4.56. The number of hydrogen-bond acceptors (Lipinski definition) is 2. The number of alkyl halides is 5. The van der Waals surface area contributed by atoms with Gasteiger partial charge in [-0.2, -0.15) is 13.2 Å². The number of pyridine rings is 1. The van der Waals surface area contributed by atoms with Gasteiger partial charge in [-0.3, -0.25) is 0 Å². The molecule has 2 rings (SSSR count). The lowest BCUT2D eigenvalue weighted by Crippen LogP contribution is -2.25. The SMILES string of the molecule is FC1(F)CCN(c2ccc(C(F)(F)F)nc2)C1. The van der Waals surface area contributed by atoms with E-state index in [1.54, 1.807) is 0 Å². The second-order valence-corrected chi connectivity index (χ2v) is 3.93. The van der Waals surface area contributed by atoms with Crippen molar-refractivity contribution in [2.75, 3.05) is 18.0 Å². The van der Waals surface area contributed by atoms with Crippen molar-refractivity contribution in [3.63, 3.8) is 0 Å². The van der Waals surface area contributed by atoms with Gasteiger partial charge in [-0.25, -0.2) is 13.8 Å². The molecule has 1 aromatic rings. The molecule has 7 heteroatoms. The van der Waals surface area contributed by atoms with E-state index in [-0.39, 0.29) is 18.7 Å². The summed E-state index contributed by atoms with van der Waals surface area (Å²) in [7, 11) is 0. The molecule has 2 nitrogen and oxygen atoms in total. The van der Waals surface area contributed by atoms with E-state index in [0.29, 0.717) is 0 Å². The van der Waals surface area contributed by atoms with Crippen LogP contribution in [0.4, 0.5) is 27.6 Å². The fourth-order valence-electron chi connectivity index (χ4n) is 1.70. The van der Waals surface area contributed by atoms with Gasteiger partial charge in [0, 0.05) is 13.0 Å². The first-order valence-corrected chi connectivity index (χ1v) is 4.94. The van der Waals surface area contributed by atoms with Crippen LogP contribution >= 0.6 is 0 Å². The van der Waals surface area contributed by atoms with Gasteiger partial charge in [-0.1, -0.05) is 0 Å². The minimum absolute atomic E-state index is 0.125. The molecular formula is C10H9F5N2. The van der Waals surface area contributed by atoms with Crippen LogP contribution in [0.15, 0.2) is 18.3 Å². The van der Waals surface area contributed by atoms with Crippen molar-refractivity contribution < 1.29 is 22.0 Å². The quantitative estimate of drug-likeness (QED) is 0.714. The third-order valence-electron chi connectivity index (χ3n) is 2.57. The maximum atomic E-state index is 12.9. The molecule has 1 saturated heterocycles. The zero-order valence-corrected chi connectivity index (χ0v) is 8.64. The first-order valence-electron chi connectivity index (χ1n) is 4.94. The van der Waals surface area contributed by atoms with Gasteiger partial charge in [-0.05, 0) is 12.1 Å². The molecule has 0 spiro atoms. The normalized spacial score (nSPS) is 19.7. The van der Waals surface area contributed by atoms with Crippen LogP contribution in [-0.2, 0) is 6.18 Å². The summed E-state index contributed by atoms with van der Waals surface area (Å²) in [5.74, 6) is -2.78. The molecule has 2 heterocycles. The molecule has 94 valence electrons. The van der Waals surface area contributed by atoms with E-state index < -0.39 is 24.3 Å². The molecule has 0 unspecified atom stereocenters. The number of rotatable bonds is 1. The molecule has 1 aliphatic heterocycles. The summed E-state index contributed by atoms with van der Waals surface area (Å²) in [5, 5.41) is 0. The van der Waals surface area contributed by atoms with Crippen LogP contribution in [0.2, 0.25) is 0 Å². The van der Waals surface area contributed by atoms with Crippen molar-refractivity contribution in [1.82, 2.24) is 4.98 Å². The second kappa shape index (κ2) is 3.82. The molecule has 1 aromatic heterocycles. The summed E-state index contributed by atoms with van der Waals surface area (Å²) in [6, 6.07) is 1.96. The zero-order valence-electron chi connectivity index (χ0n) is 8.64. The Bertz CT molecular complexity index is 398. The smallest absolute Gasteiger partial charge is 0.364 e. The van der Waals surface area contributed by atoms with Crippen molar-refractivity contribution >= 4 is 5.69 Å². The van der Waals surface area contributed by atoms with Gasteiger partial charge in [0.1, 0.15) is 5.69 Å². The van der Waals surface area contributed by atoms with Gasteiger partial charge in [0.25, 0.3) is 5.92 Å². The Hall–Kier alpha value is -1.40. The van der Waals surface area contributed by atoms with Crippen LogP contribution in [0.5, 0.6) is 0 Å². The fourth-order valence-corrected chi connectivity index (χ4v) is 1.70. The molecule has 0 aromatic carbocycles. The topological polar surface area (TPSA) is 16.1 Å². The van der Waals surface area contributed by atoms with Gasteiger partial charge in [0.15, 0.2) is 0 Å². The van der Waals surface area contributed by atoms with E-state index >= 15 is 0 Å². The Morgan fingerprint density at radius 3 is 2.35 bits per heavy atom. The molecule has 0 N–H and O–H groups in total. The Balaban J connectivity index is 2.14. The molecule has 0 radical (unpaired) electrons. The third kappa shape index (κ3) is 2.65. The van der Waals surface area contributed by atoms with Gasteiger partial charge in [0.05, 0.1) is 18.4 Å². The van der Waals surface area contributed by atoms with Crippen LogP contribution < -0.4 is 4.90 Å². The maximum absolute atomic E-state index is 12.9. The molecule has 0 amide bonds. The highest BCUT2D eigenvalue weighted by atomic mass is 19.4. The highest BCUT2D eigenvalue weighted by molar-refractivity contribution is 5.46. The Morgan fingerprint density at radius 1 is 1.24 bits per heavy atom. The van der Waals surface area contributed by atoms with Gasteiger partial charge >= 0.3 is 6.18 Å². The van der Waals surface area contributed by atoms with E-state index in [2.05, 4.69) is 4.98 Å². The number of halogens is 5. The van der Waals surface area contributed by atoms with Crippen LogP contribution in [0.3, 0.4) is 0 Å². The minimum Gasteiger partial charge on any atom is -0.364 e. The highest BCUT2D eigenvalue weighted by Crippen LogP contribution is 2.32. The van der Waals surface area contributed by atoms with Crippen molar-refractivity contribution in [2.24, 2.45) is 0 Å². The van der Waals surface area contributed by atoms with E-state index in [0.717, 1.165) is 18.3 Å². The average molecular weight is 252 g/mol. The number of aromatic nitrogens is 1. The van der Waals surface area contributed by atoms with Crippen LogP contribution in [0.1, 0.15) is 12.1 Å². The Morgan fingerprint density at radius 2 is 1.94 bits per heavy atom. The summed E-state index contributed by atoms with van der Waals surface area (Å²) in [5.41, 5.74) is -0.734. The van der Waals surface area contributed by atoms with Crippen LogP contribution in [-0.4, -0.2) is 24.0 Å². The summed E-state index contributed by atoms with van der Waals surface area (Å²) in [6.07, 6.45) is -3.81. The zero-order chi connectivity index (χ0) is 12.7. The number of anilines is 1. The lowest BCUT2D eigenvalue weighted by Gasteiger charge is -2.18. The second-order valence-electron chi connectivity index (χ2n) is 3.93. The highest BCUT2D eigenvalue weighted by Gasteiger charge is 2.38. The molecule has 0 bridgehead atoms. The van der Waals surface area contributed by atoms with Crippen molar-refractivity contribution in [3.8, 4) is 0 Å². The van der Waals surface area contributed by atoms with Gasteiger partial charge < -0.3 is 4.90 Å². The summed E-state index contributed by atoms with van der Waals surface area (Å²) in [6.45, 7) is -0.347. The lowest BCUT2D eigenvalue weighted by atomic mass is 10.3. The van der Waals surface area contributed by atoms with Crippen LogP contribution in [0.25, 0.3) is 0 Å². The molecule has 0 saturated carbocycles. The Labute approximate surface area is 94.1 Å². The predicted octanol–water partition coefficient (Wildman–Crippen LogP) is 2.95. The largest absolute Gasteiger partial charge is 0.433 e. The maximum Gasteiger partial charge on any atom is 0.433 e. The molecular weight excluding hydrogens is 243 g/mol. The molecule has 0 atom stereocenters. The van der Waals surface area contributed by atoms with Crippen molar-refractivity contribution in [1.29, 1.82) is 0 Å².